The van der Waals surface area contributed by atoms with Crippen LogP contribution in [0.4, 0.5) is 11.8 Å². The van der Waals surface area contributed by atoms with Gasteiger partial charge in [-0.1, -0.05) is 12.1 Å². The highest BCUT2D eigenvalue weighted by Crippen LogP contribution is 2.10. The van der Waals surface area contributed by atoms with Gasteiger partial charge in [0.2, 0.25) is 5.95 Å². The highest BCUT2D eigenvalue weighted by Gasteiger charge is 2.05. The summed E-state index contributed by atoms with van der Waals surface area (Å²) < 4.78 is 1.64. The normalized spacial score (nSPS) is 11.1. The topological polar surface area (TPSA) is 113 Å². The van der Waals surface area contributed by atoms with Gasteiger partial charge < -0.3 is 10.6 Å². The first kappa shape index (κ1) is 15.1. The summed E-state index contributed by atoms with van der Waals surface area (Å²) in [5, 5.41) is 11.1. The molecule has 3 heterocycles. The number of anilines is 2. The van der Waals surface area contributed by atoms with E-state index in [9.17, 15) is 4.79 Å². The smallest absolute Gasteiger partial charge is 0.260 e. The van der Waals surface area contributed by atoms with Crippen molar-refractivity contribution in [3.63, 3.8) is 0 Å². The molecule has 3 N–H and O–H groups in total. The lowest BCUT2D eigenvalue weighted by atomic mass is 10.2. The average molecular weight is 336 g/mol. The molecule has 9 nitrogen and oxygen atoms in total. The molecule has 0 amide bonds. The fourth-order valence-corrected chi connectivity index (χ4v) is 2.60. The van der Waals surface area contributed by atoms with Gasteiger partial charge in [0.1, 0.15) is 12.1 Å². The minimum atomic E-state index is -0.157. The van der Waals surface area contributed by atoms with Gasteiger partial charge in [-0.15, -0.1) is 0 Å². The van der Waals surface area contributed by atoms with E-state index in [4.69, 9.17) is 0 Å². The number of H-pyrrole nitrogens is 1. The van der Waals surface area contributed by atoms with E-state index in [0.717, 1.165) is 11.5 Å². The van der Waals surface area contributed by atoms with Crippen LogP contribution in [0.15, 0.2) is 41.5 Å². The summed E-state index contributed by atoms with van der Waals surface area (Å²) in [5.41, 5.74) is 1.36. The highest BCUT2D eigenvalue weighted by molar-refractivity contribution is 5.78. The number of aromatic amines is 1. The number of hydrogen-bond donors (Lipinski definition) is 3. The highest BCUT2D eigenvalue weighted by atomic mass is 16.1. The molecule has 0 unspecified atom stereocenters. The lowest BCUT2D eigenvalue weighted by Crippen LogP contribution is -2.19. The standard InChI is InChI=1S/C16H16N8O/c1-10-8-13(24-16(21-10)19-9-20-24)17-6-7-18-15-22-12-5-3-2-4-11(12)14(25)23-15/h2-5,8-9,17H,6-7H2,1H3,(H2,18,22,23,25). The number of nitrogens with one attached hydrogen (secondary N) is 3. The lowest BCUT2D eigenvalue weighted by molar-refractivity contribution is 0.912. The van der Waals surface area contributed by atoms with E-state index < -0.39 is 0 Å². The molecule has 3 aromatic heterocycles. The lowest BCUT2D eigenvalue weighted by Gasteiger charge is -2.10. The van der Waals surface area contributed by atoms with Gasteiger partial charge in [-0.3, -0.25) is 9.78 Å². The molecule has 0 atom stereocenters. The first-order valence-electron chi connectivity index (χ1n) is 7.85. The van der Waals surface area contributed by atoms with E-state index >= 15 is 0 Å². The zero-order valence-corrected chi connectivity index (χ0v) is 13.5. The van der Waals surface area contributed by atoms with E-state index in [1.807, 2.05) is 31.2 Å². The minimum Gasteiger partial charge on any atom is -0.368 e. The summed E-state index contributed by atoms with van der Waals surface area (Å²) in [7, 11) is 0. The van der Waals surface area contributed by atoms with Gasteiger partial charge in [-0.05, 0) is 19.1 Å². The Labute approximate surface area is 142 Å². The number of fused-ring (bicyclic) bond motifs is 2. The average Bonchev–Trinajstić information content (AvgIpc) is 3.07. The molecule has 9 heteroatoms. The second-order valence-corrected chi connectivity index (χ2v) is 5.54. The summed E-state index contributed by atoms with van der Waals surface area (Å²) in [6.45, 7) is 3.08. The zero-order valence-electron chi connectivity index (χ0n) is 13.5. The van der Waals surface area contributed by atoms with Crippen LogP contribution in [-0.4, -0.2) is 42.6 Å². The summed E-state index contributed by atoms with van der Waals surface area (Å²) in [6.07, 6.45) is 1.47. The Bertz CT molecular complexity index is 1100. The van der Waals surface area contributed by atoms with Gasteiger partial charge in [0.25, 0.3) is 11.3 Å². The third kappa shape index (κ3) is 2.99. The van der Waals surface area contributed by atoms with Crippen molar-refractivity contribution in [1.29, 1.82) is 0 Å². The molecule has 0 aliphatic heterocycles. The van der Waals surface area contributed by atoms with Crippen LogP contribution >= 0.6 is 0 Å². The van der Waals surface area contributed by atoms with Crippen LogP contribution in [0.3, 0.4) is 0 Å². The molecule has 0 fully saturated rings. The van der Waals surface area contributed by atoms with E-state index in [1.165, 1.54) is 6.33 Å². The molecule has 1 aromatic carbocycles. The fraction of sp³-hybridized carbons (Fsp3) is 0.188. The summed E-state index contributed by atoms with van der Waals surface area (Å²) in [6, 6.07) is 9.14. The number of hydrogen-bond acceptors (Lipinski definition) is 7. The van der Waals surface area contributed by atoms with Crippen LogP contribution in [0.5, 0.6) is 0 Å². The largest absolute Gasteiger partial charge is 0.368 e. The number of nitrogens with zero attached hydrogens (tertiary/aromatic N) is 5. The number of para-hydroxylation sites is 1. The van der Waals surface area contributed by atoms with Gasteiger partial charge in [0.15, 0.2) is 0 Å². The van der Waals surface area contributed by atoms with Crippen molar-refractivity contribution in [2.24, 2.45) is 0 Å². The van der Waals surface area contributed by atoms with Crippen LogP contribution in [0.25, 0.3) is 16.7 Å². The van der Waals surface area contributed by atoms with E-state index in [1.54, 1.807) is 10.6 Å². The predicted octanol–water partition coefficient (Wildman–Crippen LogP) is 1.19. The molecule has 0 bridgehead atoms. The Kier molecular flexibility index (Phi) is 3.73. The van der Waals surface area contributed by atoms with Gasteiger partial charge >= 0.3 is 0 Å². The van der Waals surface area contributed by atoms with Crippen molar-refractivity contribution >= 4 is 28.4 Å². The Morgan fingerprint density at radius 3 is 2.92 bits per heavy atom. The Morgan fingerprint density at radius 2 is 2.00 bits per heavy atom. The number of rotatable bonds is 5. The molecule has 25 heavy (non-hydrogen) atoms. The van der Waals surface area contributed by atoms with Crippen LogP contribution in [-0.2, 0) is 0 Å². The Hall–Kier alpha value is -3.49. The summed E-state index contributed by atoms with van der Waals surface area (Å²) >= 11 is 0. The predicted molar refractivity (Wildman–Crippen MR) is 94.9 cm³/mol. The first-order valence-corrected chi connectivity index (χ1v) is 7.85. The van der Waals surface area contributed by atoms with Crippen molar-refractivity contribution in [3.8, 4) is 0 Å². The Morgan fingerprint density at radius 1 is 1.16 bits per heavy atom. The third-order valence-electron chi connectivity index (χ3n) is 3.72. The molecule has 4 rings (SSSR count). The number of aryl methyl sites for hydroxylation is 1. The summed E-state index contributed by atoms with van der Waals surface area (Å²) in [4.78, 5) is 27.6. The molecule has 0 saturated carbocycles. The summed E-state index contributed by atoms with van der Waals surface area (Å²) in [5.74, 6) is 1.81. The quantitative estimate of drug-likeness (QED) is 0.469. The van der Waals surface area contributed by atoms with E-state index in [2.05, 4.69) is 35.7 Å². The molecule has 0 aliphatic rings. The Balaban J connectivity index is 1.44. The zero-order chi connectivity index (χ0) is 17.2. The van der Waals surface area contributed by atoms with Gasteiger partial charge in [-0.2, -0.15) is 14.6 Å². The molecule has 0 aliphatic carbocycles. The fourth-order valence-electron chi connectivity index (χ4n) is 2.60. The molecule has 0 spiro atoms. The maximum Gasteiger partial charge on any atom is 0.260 e. The maximum absolute atomic E-state index is 12.0. The van der Waals surface area contributed by atoms with Crippen LogP contribution < -0.4 is 16.2 Å². The number of benzene rings is 1. The van der Waals surface area contributed by atoms with E-state index in [0.29, 0.717) is 35.7 Å². The monoisotopic (exact) mass is 336 g/mol. The van der Waals surface area contributed by atoms with Crippen molar-refractivity contribution in [1.82, 2.24) is 29.5 Å². The SMILES string of the molecule is Cc1cc(NCCNc2nc3ccccc3c(=O)[nH]2)n2ncnc2n1. The molecular formula is C16H16N8O. The second kappa shape index (κ2) is 6.19. The van der Waals surface area contributed by atoms with Crippen molar-refractivity contribution in [2.75, 3.05) is 23.7 Å². The van der Waals surface area contributed by atoms with E-state index in [-0.39, 0.29) is 5.56 Å². The second-order valence-electron chi connectivity index (χ2n) is 5.54. The minimum absolute atomic E-state index is 0.157. The molecule has 0 radical (unpaired) electrons. The number of aromatic nitrogens is 6. The molecule has 0 saturated heterocycles. The molecule has 4 aromatic rings. The van der Waals surface area contributed by atoms with Crippen LogP contribution in [0, 0.1) is 6.92 Å². The van der Waals surface area contributed by atoms with Gasteiger partial charge in [0, 0.05) is 24.8 Å². The molecular weight excluding hydrogens is 320 g/mol. The van der Waals surface area contributed by atoms with Crippen LogP contribution in [0.1, 0.15) is 5.69 Å². The van der Waals surface area contributed by atoms with Crippen molar-refractivity contribution in [2.45, 2.75) is 6.92 Å². The third-order valence-corrected chi connectivity index (χ3v) is 3.72. The first-order chi connectivity index (χ1) is 12.2. The van der Waals surface area contributed by atoms with Crippen molar-refractivity contribution < 1.29 is 0 Å². The van der Waals surface area contributed by atoms with Gasteiger partial charge in [0.05, 0.1) is 10.9 Å². The molecule has 126 valence electrons. The van der Waals surface area contributed by atoms with Gasteiger partial charge in [-0.25, -0.2) is 9.97 Å². The maximum atomic E-state index is 12.0. The van der Waals surface area contributed by atoms with Crippen molar-refractivity contribution in [3.05, 3.63) is 52.7 Å². The van der Waals surface area contributed by atoms with Crippen LogP contribution in [0.2, 0.25) is 0 Å².